The first-order chi connectivity index (χ1) is 13.9. The van der Waals surface area contributed by atoms with E-state index in [9.17, 15) is 22.8 Å². The van der Waals surface area contributed by atoms with E-state index in [2.05, 4.69) is 0 Å². The molecule has 3 amide bonds. The first-order valence-corrected chi connectivity index (χ1v) is 11.2. The Bertz CT molecular complexity index is 1030. The molecular weight excluding hydrogens is 396 g/mol. The summed E-state index contributed by atoms with van der Waals surface area (Å²) in [6.07, 6.45) is 1.77. The molecule has 1 fully saturated rings. The van der Waals surface area contributed by atoms with Crippen LogP contribution in [0.15, 0.2) is 47.1 Å². The molecule has 152 valence electrons. The Kier molecular flexibility index (Phi) is 4.99. The lowest BCUT2D eigenvalue weighted by Crippen LogP contribution is -2.42. The highest BCUT2D eigenvalue weighted by molar-refractivity contribution is 7.91. The maximum absolute atomic E-state index is 13.0. The van der Waals surface area contributed by atoms with Crippen LogP contribution in [0.3, 0.4) is 0 Å². The van der Waals surface area contributed by atoms with Crippen molar-refractivity contribution in [1.29, 1.82) is 0 Å². The fraction of sp³-hybridized carbons (Fsp3) is 0.350. The van der Waals surface area contributed by atoms with E-state index in [1.807, 2.05) is 0 Å². The third-order valence-electron chi connectivity index (χ3n) is 5.30. The van der Waals surface area contributed by atoms with E-state index >= 15 is 0 Å². The normalized spacial score (nSPS) is 20.1. The van der Waals surface area contributed by atoms with Gasteiger partial charge in [0.15, 0.2) is 9.84 Å². The van der Waals surface area contributed by atoms with Crippen molar-refractivity contribution >= 4 is 27.6 Å². The minimum atomic E-state index is -3.18. The smallest absolute Gasteiger partial charge is 0.261 e. The number of sulfone groups is 1. The molecular formula is C20H20N2O6S. The van der Waals surface area contributed by atoms with Crippen molar-refractivity contribution in [3.05, 3.63) is 59.5 Å². The van der Waals surface area contributed by atoms with Crippen molar-refractivity contribution in [3.8, 4) is 0 Å². The second-order valence-electron chi connectivity index (χ2n) is 7.22. The molecule has 0 aliphatic carbocycles. The van der Waals surface area contributed by atoms with Gasteiger partial charge in [0.05, 0.1) is 35.4 Å². The number of fused-ring (bicyclic) bond motifs is 1. The van der Waals surface area contributed by atoms with Crippen LogP contribution in [0.4, 0.5) is 0 Å². The van der Waals surface area contributed by atoms with Crippen LogP contribution in [0.2, 0.25) is 0 Å². The molecule has 1 aromatic heterocycles. The van der Waals surface area contributed by atoms with Crippen molar-refractivity contribution in [1.82, 2.24) is 9.80 Å². The molecule has 0 spiro atoms. The van der Waals surface area contributed by atoms with Crippen LogP contribution in [0, 0.1) is 0 Å². The highest BCUT2D eigenvalue weighted by Crippen LogP contribution is 2.24. The predicted molar refractivity (Wildman–Crippen MR) is 103 cm³/mol. The molecule has 0 N–H and O–H groups in total. The number of rotatable bonds is 6. The van der Waals surface area contributed by atoms with Crippen LogP contribution >= 0.6 is 0 Å². The summed E-state index contributed by atoms with van der Waals surface area (Å²) in [4.78, 5) is 40.5. The molecule has 8 nitrogen and oxygen atoms in total. The summed E-state index contributed by atoms with van der Waals surface area (Å²) in [5.74, 6) is -0.660. The minimum Gasteiger partial charge on any atom is -0.467 e. The maximum Gasteiger partial charge on any atom is 0.261 e. The number of carbonyl (C=O) groups is 3. The first-order valence-electron chi connectivity index (χ1n) is 9.33. The van der Waals surface area contributed by atoms with Gasteiger partial charge >= 0.3 is 0 Å². The fourth-order valence-corrected chi connectivity index (χ4v) is 5.54. The van der Waals surface area contributed by atoms with Gasteiger partial charge in [-0.15, -0.1) is 0 Å². The van der Waals surface area contributed by atoms with Crippen molar-refractivity contribution in [2.24, 2.45) is 0 Å². The Morgan fingerprint density at radius 2 is 1.79 bits per heavy atom. The zero-order chi connectivity index (χ0) is 20.6. The summed E-state index contributed by atoms with van der Waals surface area (Å²) in [5, 5.41) is 0. The van der Waals surface area contributed by atoms with Crippen molar-refractivity contribution in [2.75, 3.05) is 18.1 Å². The second kappa shape index (κ2) is 7.47. The number of imide groups is 1. The molecule has 0 saturated carbocycles. The van der Waals surface area contributed by atoms with E-state index in [1.54, 1.807) is 36.4 Å². The van der Waals surface area contributed by atoms with Gasteiger partial charge in [-0.1, -0.05) is 12.1 Å². The van der Waals surface area contributed by atoms with Crippen LogP contribution in [-0.4, -0.2) is 60.0 Å². The molecule has 9 heteroatoms. The average molecular weight is 416 g/mol. The Hall–Kier alpha value is -2.94. The van der Waals surface area contributed by atoms with E-state index in [4.69, 9.17) is 4.42 Å². The van der Waals surface area contributed by atoms with Crippen molar-refractivity contribution < 1.29 is 27.2 Å². The number of carbonyl (C=O) groups excluding carboxylic acids is 3. The number of furan rings is 1. The maximum atomic E-state index is 13.0. The fourth-order valence-electron chi connectivity index (χ4n) is 3.81. The van der Waals surface area contributed by atoms with Crippen molar-refractivity contribution in [2.45, 2.75) is 25.4 Å². The summed E-state index contributed by atoms with van der Waals surface area (Å²) < 4.78 is 29.1. The van der Waals surface area contributed by atoms with Gasteiger partial charge < -0.3 is 9.32 Å². The molecule has 1 unspecified atom stereocenters. The Labute approximate surface area is 168 Å². The third kappa shape index (κ3) is 3.82. The monoisotopic (exact) mass is 416 g/mol. The molecule has 2 aliphatic heterocycles. The van der Waals surface area contributed by atoms with Gasteiger partial charge in [-0.25, -0.2) is 8.42 Å². The van der Waals surface area contributed by atoms with Crippen LogP contribution < -0.4 is 0 Å². The molecule has 2 aliphatic rings. The molecule has 29 heavy (non-hydrogen) atoms. The van der Waals surface area contributed by atoms with Crippen LogP contribution in [0.25, 0.3) is 0 Å². The van der Waals surface area contributed by atoms with Gasteiger partial charge in [0.2, 0.25) is 5.91 Å². The Morgan fingerprint density at radius 3 is 2.34 bits per heavy atom. The summed E-state index contributed by atoms with van der Waals surface area (Å²) in [5.41, 5.74) is 0.665. The van der Waals surface area contributed by atoms with Gasteiger partial charge in [-0.2, -0.15) is 0 Å². The average Bonchev–Trinajstić information content (AvgIpc) is 3.39. The topological polar surface area (TPSA) is 105 Å². The predicted octanol–water partition coefficient (Wildman–Crippen LogP) is 1.48. The van der Waals surface area contributed by atoms with E-state index in [-0.39, 0.29) is 36.9 Å². The lowest BCUT2D eigenvalue weighted by molar-refractivity contribution is -0.134. The molecule has 0 bridgehead atoms. The highest BCUT2D eigenvalue weighted by atomic mass is 32.2. The number of nitrogens with zero attached hydrogens (tertiary/aromatic N) is 2. The van der Waals surface area contributed by atoms with E-state index in [0.29, 0.717) is 23.3 Å². The third-order valence-corrected chi connectivity index (χ3v) is 7.05. The van der Waals surface area contributed by atoms with Gasteiger partial charge in [0.1, 0.15) is 5.76 Å². The zero-order valence-corrected chi connectivity index (χ0v) is 16.4. The molecule has 0 radical (unpaired) electrons. The molecule has 1 saturated heterocycles. The summed E-state index contributed by atoms with van der Waals surface area (Å²) >= 11 is 0. The van der Waals surface area contributed by atoms with E-state index < -0.39 is 27.7 Å². The largest absolute Gasteiger partial charge is 0.467 e. The Balaban J connectivity index is 1.47. The van der Waals surface area contributed by atoms with Gasteiger partial charge in [0.25, 0.3) is 11.8 Å². The SMILES string of the molecule is O=C1c2ccccc2C(=O)N1CCC(=O)N(Cc1ccco1)C1CCS(=O)(=O)C1. The highest BCUT2D eigenvalue weighted by Gasteiger charge is 2.37. The van der Waals surface area contributed by atoms with Crippen LogP contribution in [-0.2, 0) is 21.2 Å². The van der Waals surface area contributed by atoms with Gasteiger partial charge in [-0.05, 0) is 30.7 Å². The number of hydrogen-bond acceptors (Lipinski definition) is 6. The quantitative estimate of drug-likeness (QED) is 0.661. The molecule has 1 atom stereocenters. The molecule has 1 aromatic carbocycles. The van der Waals surface area contributed by atoms with Crippen molar-refractivity contribution in [3.63, 3.8) is 0 Å². The number of benzene rings is 1. The van der Waals surface area contributed by atoms with Gasteiger partial charge in [0, 0.05) is 19.0 Å². The minimum absolute atomic E-state index is 0.0397. The molecule has 3 heterocycles. The lowest BCUT2D eigenvalue weighted by Gasteiger charge is -2.28. The standard InChI is InChI=1S/C20H20N2O6S/c23-18(7-9-21-19(24)16-5-1-2-6-17(16)20(21)25)22(12-15-4-3-10-28-15)14-8-11-29(26,27)13-14/h1-6,10,14H,7-9,11-13H2. The molecule has 2 aromatic rings. The number of hydrogen-bond donors (Lipinski definition) is 0. The summed E-state index contributed by atoms with van der Waals surface area (Å²) in [6, 6.07) is 9.51. The van der Waals surface area contributed by atoms with Crippen LogP contribution in [0.1, 0.15) is 39.3 Å². The lowest BCUT2D eigenvalue weighted by atomic mass is 10.1. The summed E-state index contributed by atoms with van der Waals surface area (Å²) in [7, 11) is -3.18. The first kappa shape index (κ1) is 19.4. The van der Waals surface area contributed by atoms with Crippen LogP contribution in [0.5, 0.6) is 0 Å². The summed E-state index contributed by atoms with van der Waals surface area (Å²) in [6.45, 7) is 0.0907. The van der Waals surface area contributed by atoms with E-state index in [1.165, 1.54) is 11.2 Å². The van der Waals surface area contributed by atoms with E-state index in [0.717, 1.165) is 4.90 Å². The Morgan fingerprint density at radius 1 is 1.10 bits per heavy atom. The zero-order valence-electron chi connectivity index (χ0n) is 15.6. The molecule has 4 rings (SSSR count). The van der Waals surface area contributed by atoms with Gasteiger partial charge in [-0.3, -0.25) is 19.3 Å². The number of amides is 3. The second-order valence-corrected chi connectivity index (χ2v) is 9.44.